The fraction of sp³-hybridized carbons (Fsp3) is 0.750. The van der Waals surface area contributed by atoms with Crippen LogP contribution in [-0.2, 0) is 4.79 Å². The molecule has 0 aliphatic heterocycles. The third kappa shape index (κ3) is 1.31. The first-order chi connectivity index (χ1) is 7.53. The van der Waals surface area contributed by atoms with Gasteiger partial charge in [0, 0.05) is 11.0 Å². The largest absolute Gasteiger partial charge is 0.504 e. The van der Waals surface area contributed by atoms with E-state index < -0.39 is 40.0 Å². The second kappa shape index (κ2) is 3.06. The first kappa shape index (κ1) is 12.5. The normalized spacial score (nSPS) is 38.7. The molecule has 5 heteroatoms. The number of hydrogen-bond acceptors (Lipinski definition) is 2. The molecule has 0 aromatic heterocycles. The number of halogens is 3. The van der Waals surface area contributed by atoms with Crippen molar-refractivity contribution in [2.24, 2.45) is 16.7 Å². The van der Waals surface area contributed by atoms with Crippen molar-refractivity contribution in [2.45, 2.75) is 39.8 Å². The number of fused-ring (bicyclic) bond motifs is 2. The zero-order chi connectivity index (χ0) is 13.2. The molecule has 0 aromatic carbocycles. The van der Waals surface area contributed by atoms with Crippen LogP contribution in [0.25, 0.3) is 0 Å². The molecule has 2 saturated carbocycles. The first-order valence-electron chi connectivity index (χ1n) is 5.58. The molecule has 2 aliphatic rings. The van der Waals surface area contributed by atoms with Crippen molar-refractivity contribution in [3.63, 3.8) is 0 Å². The van der Waals surface area contributed by atoms with E-state index >= 15 is 0 Å². The molecule has 0 saturated heterocycles. The molecular weight excluding hydrogens is 233 g/mol. The molecule has 2 fully saturated rings. The second-order valence-corrected chi connectivity index (χ2v) is 5.73. The maximum atomic E-state index is 12.5. The number of carbonyl (C=O) groups is 1. The predicted molar refractivity (Wildman–Crippen MR) is 55.3 cm³/mol. The van der Waals surface area contributed by atoms with Crippen LogP contribution in [-0.4, -0.2) is 17.1 Å². The van der Waals surface area contributed by atoms with Crippen LogP contribution >= 0.6 is 0 Å². The van der Waals surface area contributed by atoms with Crippen LogP contribution in [0.4, 0.5) is 13.2 Å². The molecule has 1 N–H and O–H groups in total. The van der Waals surface area contributed by atoms with Gasteiger partial charge in [-0.3, -0.25) is 4.79 Å². The van der Waals surface area contributed by atoms with Crippen molar-refractivity contribution in [2.75, 3.05) is 0 Å². The summed E-state index contributed by atoms with van der Waals surface area (Å²) in [5.74, 6) is -2.71. The topological polar surface area (TPSA) is 37.3 Å². The minimum absolute atomic E-state index is 0.406. The summed E-state index contributed by atoms with van der Waals surface area (Å²) in [6, 6.07) is 0. The van der Waals surface area contributed by atoms with Gasteiger partial charge in [-0.1, -0.05) is 20.8 Å². The van der Waals surface area contributed by atoms with E-state index in [4.69, 9.17) is 0 Å². The fourth-order valence-electron chi connectivity index (χ4n) is 3.29. The van der Waals surface area contributed by atoms with Gasteiger partial charge in [0.05, 0.1) is 0 Å². The minimum Gasteiger partial charge on any atom is -0.504 e. The van der Waals surface area contributed by atoms with Crippen LogP contribution in [0.3, 0.4) is 0 Å². The third-order valence-corrected chi connectivity index (χ3v) is 4.84. The van der Waals surface area contributed by atoms with Crippen LogP contribution in [0.15, 0.2) is 11.3 Å². The zero-order valence-corrected chi connectivity index (χ0v) is 9.98. The van der Waals surface area contributed by atoms with E-state index in [0.29, 0.717) is 12.8 Å². The number of aliphatic hydroxyl groups excluding tert-OH is 1. The van der Waals surface area contributed by atoms with Crippen molar-refractivity contribution < 1.29 is 23.1 Å². The van der Waals surface area contributed by atoms with Crippen LogP contribution in [0, 0.1) is 16.7 Å². The molecule has 0 spiro atoms. The van der Waals surface area contributed by atoms with Gasteiger partial charge >= 0.3 is 6.18 Å². The molecule has 0 radical (unpaired) electrons. The lowest BCUT2D eigenvalue weighted by Gasteiger charge is -2.31. The van der Waals surface area contributed by atoms with Crippen molar-refractivity contribution >= 4 is 5.78 Å². The van der Waals surface area contributed by atoms with Gasteiger partial charge in [0.25, 0.3) is 0 Å². The Balaban J connectivity index is 2.60. The highest BCUT2D eigenvalue weighted by atomic mass is 19.4. The minimum atomic E-state index is -4.83. The fourth-order valence-corrected chi connectivity index (χ4v) is 3.29. The summed E-state index contributed by atoms with van der Waals surface area (Å²) in [7, 11) is 0. The monoisotopic (exact) mass is 248 g/mol. The number of allylic oxidation sites excluding steroid dienone is 2. The third-order valence-electron chi connectivity index (χ3n) is 4.84. The van der Waals surface area contributed by atoms with Gasteiger partial charge in [-0.2, -0.15) is 13.2 Å². The number of rotatable bonds is 0. The van der Waals surface area contributed by atoms with Crippen LogP contribution in [0.1, 0.15) is 33.6 Å². The van der Waals surface area contributed by atoms with Crippen molar-refractivity contribution in [1.29, 1.82) is 0 Å². The Kier molecular flexibility index (Phi) is 2.24. The molecule has 0 amide bonds. The Hall–Kier alpha value is -1.00. The number of ketones is 1. The number of alkyl halides is 3. The van der Waals surface area contributed by atoms with Crippen molar-refractivity contribution in [3.05, 3.63) is 11.3 Å². The predicted octanol–water partition coefficient (Wildman–Crippen LogP) is 3.39. The average Bonchev–Trinajstić information content (AvgIpc) is 2.47. The Bertz CT molecular complexity index is 420. The highest BCUT2D eigenvalue weighted by Crippen LogP contribution is 2.66. The lowest BCUT2D eigenvalue weighted by Crippen LogP contribution is -2.32. The average molecular weight is 248 g/mol. The molecular formula is C12H15F3O2. The Morgan fingerprint density at radius 3 is 2.24 bits per heavy atom. The summed E-state index contributed by atoms with van der Waals surface area (Å²) in [5.41, 5.74) is -1.69. The van der Waals surface area contributed by atoms with Crippen molar-refractivity contribution in [3.8, 4) is 0 Å². The van der Waals surface area contributed by atoms with Gasteiger partial charge in [0.2, 0.25) is 5.76 Å². The quantitative estimate of drug-likeness (QED) is 0.527. The van der Waals surface area contributed by atoms with E-state index in [0.717, 1.165) is 0 Å². The van der Waals surface area contributed by atoms with E-state index in [-0.39, 0.29) is 0 Å². The summed E-state index contributed by atoms with van der Waals surface area (Å²) < 4.78 is 37.5. The molecule has 17 heavy (non-hydrogen) atoms. The van der Waals surface area contributed by atoms with E-state index in [9.17, 15) is 23.1 Å². The molecule has 0 aromatic rings. The lowest BCUT2D eigenvalue weighted by atomic mass is 9.70. The van der Waals surface area contributed by atoms with Crippen LogP contribution < -0.4 is 0 Å². The van der Waals surface area contributed by atoms with E-state index in [2.05, 4.69) is 0 Å². The number of hydrogen-bond donors (Lipinski definition) is 1. The summed E-state index contributed by atoms with van der Waals surface area (Å²) >= 11 is 0. The van der Waals surface area contributed by atoms with Gasteiger partial charge in [-0.25, -0.2) is 0 Å². The number of aliphatic hydroxyl groups is 1. The summed E-state index contributed by atoms with van der Waals surface area (Å²) in [6.07, 6.45) is -3.70. The van der Waals surface area contributed by atoms with Gasteiger partial charge in [-0.15, -0.1) is 0 Å². The first-order valence-corrected chi connectivity index (χ1v) is 5.58. The van der Waals surface area contributed by atoms with Gasteiger partial charge in [0.15, 0.2) is 5.78 Å². The Morgan fingerprint density at radius 1 is 1.35 bits per heavy atom. The summed E-state index contributed by atoms with van der Waals surface area (Å²) in [5, 5.41) is 9.26. The highest BCUT2D eigenvalue weighted by molar-refractivity contribution is 6.05. The second-order valence-electron chi connectivity index (χ2n) is 5.73. The van der Waals surface area contributed by atoms with Crippen LogP contribution in [0.5, 0.6) is 0 Å². The highest BCUT2D eigenvalue weighted by Gasteiger charge is 2.66. The van der Waals surface area contributed by atoms with Gasteiger partial charge in [0.1, 0.15) is 0 Å². The molecule has 0 heterocycles. The maximum Gasteiger partial charge on any atom is 0.449 e. The summed E-state index contributed by atoms with van der Waals surface area (Å²) in [4.78, 5) is 12.1. The molecule has 2 nitrogen and oxygen atoms in total. The summed E-state index contributed by atoms with van der Waals surface area (Å²) in [6.45, 7) is 5.31. The van der Waals surface area contributed by atoms with Gasteiger partial charge in [-0.05, 0) is 24.2 Å². The molecule has 96 valence electrons. The Morgan fingerprint density at radius 2 is 1.88 bits per heavy atom. The smallest absolute Gasteiger partial charge is 0.449 e. The molecule has 2 atom stereocenters. The van der Waals surface area contributed by atoms with Gasteiger partial charge < -0.3 is 5.11 Å². The molecule has 2 rings (SSSR count). The molecule has 2 aliphatic carbocycles. The van der Waals surface area contributed by atoms with E-state index in [1.54, 1.807) is 20.8 Å². The SMILES string of the molecule is CC1(C)[C@H]2CC[C@]1(C)C(=O)C2=C(O)C(F)(F)F. The van der Waals surface area contributed by atoms with E-state index in [1.165, 1.54) is 0 Å². The van der Waals surface area contributed by atoms with Crippen molar-refractivity contribution in [1.82, 2.24) is 0 Å². The zero-order valence-electron chi connectivity index (χ0n) is 9.98. The maximum absolute atomic E-state index is 12.5. The number of carbonyl (C=O) groups excluding carboxylic acids is 1. The molecule has 2 bridgehead atoms. The molecule has 0 unspecified atom stereocenters. The standard InChI is InChI=1S/C12H15F3O2/c1-10(2)6-4-5-11(10,3)8(16)7(6)9(17)12(13,14)15/h6,17H,4-5H2,1-3H3/t6-,11+/m0/s1. The lowest BCUT2D eigenvalue weighted by molar-refractivity contribution is -0.131. The van der Waals surface area contributed by atoms with E-state index in [1.807, 2.05) is 0 Å². The number of Topliss-reactive ketones (excluding diaryl/α,β-unsaturated/α-hetero) is 1. The van der Waals surface area contributed by atoms with Crippen LogP contribution in [0.2, 0.25) is 0 Å². The Labute approximate surface area is 97.5 Å².